The van der Waals surface area contributed by atoms with Crippen LogP contribution in [0.25, 0.3) is 0 Å². The molecule has 0 fully saturated rings. The Kier molecular flexibility index (Phi) is 2.53. The van der Waals surface area contributed by atoms with Crippen molar-refractivity contribution in [1.82, 2.24) is 0 Å². The zero-order valence-corrected chi connectivity index (χ0v) is 12.0. The summed E-state index contributed by atoms with van der Waals surface area (Å²) in [6.07, 6.45) is 9.75. The van der Waals surface area contributed by atoms with Gasteiger partial charge in [0, 0.05) is 18.3 Å². The Morgan fingerprint density at radius 2 is 2.11 bits per heavy atom. The summed E-state index contributed by atoms with van der Waals surface area (Å²) in [5.74, 6) is 0.491. The second-order valence-electron chi connectivity index (χ2n) is 1.88. The Balaban J connectivity index is 0.000000640. The van der Waals surface area contributed by atoms with Gasteiger partial charge in [-0.2, -0.15) is 0 Å². The molecule has 0 spiro atoms. The van der Waals surface area contributed by atoms with Gasteiger partial charge in [0.15, 0.2) is 0 Å². The fourth-order valence-electron chi connectivity index (χ4n) is 0.574. The van der Waals surface area contributed by atoms with E-state index in [1.165, 1.54) is 0 Å². The van der Waals surface area contributed by atoms with Gasteiger partial charge in [-0.15, -0.1) is 0 Å². The van der Waals surface area contributed by atoms with Crippen molar-refractivity contribution in [3.05, 3.63) is 24.4 Å². The van der Waals surface area contributed by atoms with Crippen LogP contribution in [-0.2, 0) is 0 Å². The van der Waals surface area contributed by atoms with Crippen molar-refractivity contribution in [2.75, 3.05) is 0 Å². The van der Waals surface area contributed by atoms with E-state index in [0.717, 1.165) is 0 Å². The van der Waals surface area contributed by atoms with Gasteiger partial charge in [-0.1, -0.05) is 19.1 Å². The molecule has 0 aromatic heterocycles. The molecule has 1 rings (SSSR count). The Labute approximate surface area is 49.4 Å². The molecule has 1 heterocycles. The largest absolute Gasteiger partial charge is 0.268 e. The molecule has 1 nitrogen and oxygen atoms in total. The van der Waals surface area contributed by atoms with Gasteiger partial charge in [0.05, 0.1) is 0 Å². The Morgan fingerprint density at radius 1 is 1.33 bits per heavy atom. The van der Waals surface area contributed by atoms with Gasteiger partial charge in [-0.05, 0) is 6.08 Å². The number of hydrogen-bond donors (Lipinski definition) is 0. The minimum atomic E-state index is 0. The van der Waals surface area contributed by atoms with E-state index < -0.39 is 0 Å². The monoisotopic (exact) mass is 374 g/mol. The van der Waals surface area contributed by atoms with E-state index in [2.05, 4.69) is 18.0 Å². The van der Waals surface area contributed by atoms with Gasteiger partial charge in [0.1, 0.15) is 0 Å². The first kappa shape index (κ1) is 7.15. The molecule has 1 aliphatic rings. The summed E-state index contributed by atoms with van der Waals surface area (Å²) in [5, 5.41) is 0. The molecule has 0 saturated heterocycles. The Morgan fingerprint density at radius 3 is 2.89 bits per heavy atom. The van der Waals surface area contributed by atoms with Gasteiger partial charge >= 0.3 is 0 Å². The fraction of sp³-hybridized carbons (Fsp3) is 0.286. The van der Waals surface area contributed by atoms with Crippen LogP contribution in [0.2, 0.25) is 0 Å². The van der Waals surface area contributed by atoms with E-state index in [1.807, 2.05) is 18.4 Å². The van der Waals surface area contributed by atoms with Gasteiger partial charge < -0.3 is 0 Å². The zero-order chi connectivity index (χ0) is 5.82. The maximum Gasteiger partial charge on any atom is 0.0264 e. The van der Waals surface area contributed by atoms with Crippen molar-refractivity contribution < 1.29 is 0 Å². The van der Waals surface area contributed by atoms with Crippen LogP contribution in [0.1, 0.15) is 6.92 Å². The maximum absolute atomic E-state index is 3.98. The van der Waals surface area contributed by atoms with E-state index in [0.29, 0.717) is 5.92 Å². The molecule has 1 atom stereocenters. The average Bonchev–Trinajstić information content (AvgIpc) is 1.94. The summed E-state index contributed by atoms with van der Waals surface area (Å²) < 4.78 is 0. The molecule has 0 radical (unpaired) electrons. The molecule has 0 aromatic carbocycles. The van der Waals surface area contributed by atoms with Crippen molar-refractivity contribution in [3.8, 4) is 0 Å². The van der Waals surface area contributed by atoms with Crippen LogP contribution in [0.4, 0.5) is 0 Å². The summed E-state index contributed by atoms with van der Waals surface area (Å²) >= 11 is 0. The van der Waals surface area contributed by atoms with E-state index in [4.69, 9.17) is 0 Å². The molecule has 0 aliphatic carbocycles. The molecule has 0 N–H and O–H groups in total. The van der Waals surface area contributed by atoms with Crippen LogP contribution >= 0.6 is 0 Å². The summed E-state index contributed by atoms with van der Waals surface area (Å²) in [5.41, 5.74) is 0. The van der Waals surface area contributed by atoms with Crippen molar-refractivity contribution in [1.29, 1.82) is 0 Å². The van der Waals surface area contributed by atoms with E-state index in [1.54, 1.807) is 6.20 Å². The Hall–Kier alpha value is -1.85. The number of nitrogens with zero attached hydrogens (tertiary/aromatic N) is 1. The molecule has 1 unspecified atom stereocenters. The minimum Gasteiger partial charge on any atom is -0.268 e. The quantitative estimate of drug-likeness (QED) is 0.613. The van der Waals surface area contributed by atoms with Crippen LogP contribution in [-0.4, -0.2) is 6.21 Å². The van der Waals surface area contributed by atoms with Gasteiger partial charge in [-0.3, -0.25) is 4.99 Å². The summed E-state index contributed by atoms with van der Waals surface area (Å²) in [6.45, 7) is 2.10. The molecule has 0 bridgehead atoms. The van der Waals surface area contributed by atoms with Crippen molar-refractivity contribution in [2.45, 2.75) is 6.92 Å². The van der Waals surface area contributed by atoms with Crippen LogP contribution < -0.4 is 0 Å². The maximum atomic E-state index is 3.98. The standard InChI is InChI=1S/C7H9N.Rf/c1-7-4-2-3-5-8-6-7;/h2-7H,1H3;. The summed E-state index contributed by atoms with van der Waals surface area (Å²) in [6, 6.07) is 0. The van der Waals surface area contributed by atoms with Crippen LogP contribution in [0.15, 0.2) is 29.4 Å². The molecule has 1 aliphatic heterocycles. The van der Waals surface area contributed by atoms with Crippen LogP contribution in [0, 0.1) is 5.92 Å². The molecule has 0 amide bonds. The number of allylic oxidation sites excluding steroid dienone is 3. The van der Waals surface area contributed by atoms with Crippen molar-refractivity contribution >= 4 is 6.21 Å². The van der Waals surface area contributed by atoms with Crippen molar-refractivity contribution in [2.24, 2.45) is 10.9 Å². The zero-order valence-electron chi connectivity index (χ0n) is 5.62. The normalized spacial score (nSPS) is 23.0. The van der Waals surface area contributed by atoms with Crippen molar-refractivity contribution in [3.63, 3.8) is 0 Å². The number of aliphatic imine (C=N–C) groups is 1. The minimum absolute atomic E-state index is 0. The van der Waals surface area contributed by atoms with Crippen LogP contribution in [0.5, 0.6) is 0 Å². The van der Waals surface area contributed by atoms with Gasteiger partial charge in [0.25, 0.3) is 0 Å². The number of hydrogen-bond acceptors (Lipinski definition) is 1. The third-order valence-corrected chi connectivity index (χ3v) is 1.02. The Bertz CT molecular complexity index is 131. The molecular weight excluding hydrogens is 365 g/mol. The molecular formula is C7H9NRf. The number of rotatable bonds is 0. The molecule has 0 saturated carbocycles. The first-order valence-electron chi connectivity index (χ1n) is 2.76. The average molecular weight is 374 g/mol. The predicted molar refractivity (Wildman–Crippen MR) is 35.9 cm³/mol. The third-order valence-electron chi connectivity index (χ3n) is 1.02. The van der Waals surface area contributed by atoms with Crippen LogP contribution in [0.3, 0.4) is 0 Å². The molecule has 0 aromatic rings. The third kappa shape index (κ3) is 2.07. The predicted octanol–water partition coefficient (Wildman–Crippen LogP) is 1.78. The molecule has 9 heavy (non-hydrogen) atoms. The molecule has 44 valence electrons. The second-order valence-corrected chi connectivity index (χ2v) is 1.88. The summed E-state index contributed by atoms with van der Waals surface area (Å²) in [7, 11) is 0. The van der Waals surface area contributed by atoms with E-state index >= 15 is 0 Å². The second kappa shape index (κ2) is 3.19. The van der Waals surface area contributed by atoms with Gasteiger partial charge in [0.2, 0.25) is 0 Å². The van der Waals surface area contributed by atoms with E-state index in [-0.39, 0.29) is 0 Å². The smallest absolute Gasteiger partial charge is 0.0264 e. The van der Waals surface area contributed by atoms with Gasteiger partial charge in [-0.25, -0.2) is 0 Å². The SMILES string of the molecule is CC1C=CC=CN=C1.[Rf]. The van der Waals surface area contributed by atoms with E-state index in [9.17, 15) is 0 Å². The fourth-order valence-corrected chi connectivity index (χ4v) is 0.574. The first-order chi connectivity index (χ1) is 3.89. The molecule has 2 heteroatoms. The topological polar surface area (TPSA) is 12.4 Å². The summed E-state index contributed by atoms with van der Waals surface area (Å²) in [4.78, 5) is 3.98. The first-order valence-corrected chi connectivity index (χ1v) is 2.76.